The average Bonchev–Trinajstić information content (AvgIpc) is 3.27. The first-order valence-electron chi connectivity index (χ1n) is 12.2. The van der Waals surface area contributed by atoms with Gasteiger partial charge < -0.3 is 14.8 Å². The van der Waals surface area contributed by atoms with Crippen molar-refractivity contribution >= 4 is 46.3 Å². The Labute approximate surface area is 223 Å². The molecular formula is C28H27N3O6S. The lowest BCUT2D eigenvalue weighted by molar-refractivity contribution is -0.136. The lowest BCUT2D eigenvalue weighted by atomic mass is 9.95. The van der Waals surface area contributed by atoms with Crippen LogP contribution in [0.1, 0.15) is 62.0 Å². The zero-order chi connectivity index (χ0) is 27.1. The molecule has 10 heteroatoms. The van der Waals surface area contributed by atoms with Crippen molar-refractivity contribution < 1.29 is 28.7 Å². The Kier molecular flexibility index (Phi) is 8.65. The summed E-state index contributed by atoms with van der Waals surface area (Å²) in [6.45, 7) is 3.85. The summed E-state index contributed by atoms with van der Waals surface area (Å²) in [4.78, 5) is 50.8. The number of rotatable bonds is 7. The number of hydrazone groups is 1. The minimum absolute atomic E-state index is 0.207. The van der Waals surface area contributed by atoms with Crippen LogP contribution >= 0.6 is 11.3 Å². The van der Waals surface area contributed by atoms with Crippen LogP contribution in [0.25, 0.3) is 0 Å². The van der Waals surface area contributed by atoms with Gasteiger partial charge in [-0.1, -0.05) is 29.8 Å². The first kappa shape index (κ1) is 26.7. The fourth-order valence-electron chi connectivity index (χ4n) is 3.96. The third-order valence-electron chi connectivity index (χ3n) is 5.82. The van der Waals surface area contributed by atoms with Crippen LogP contribution in [-0.4, -0.2) is 36.6 Å². The first-order chi connectivity index (χ1) is 18.4. The molecule has 0 spiro atoms. The van der Waals surface area contributed by atoms with Crippen molar-refractivity contribution in [3.05, 3.63) is 81.2 Å². The number of hydrogen-bond donors (Lipinski definition) is 2. The summed E-state index contributed by atoms with van der Waals surface area (Å²) in [5.41, 5.74) is 5.38. The molecule has 38 heavy (non-hydrogen) atoms. The number of fused-ring (bicyclic) bond motifs is 1. The molecule has 1 aliphatic rings. The molecule has 0 saturated carbocycles. The number of carbonyl (C=O) groups excluding carboxylic acids is 4. The van der Waals surface area contributed by atoms with E-state index in [0.717, 1.165) is 41.7 Å². The summed E-state index contributed by atoms with van der Waals surface area (Å²) in [7, 11) is 0. The molecule has 1 aliphatic carbocycles. The summed E-state index contributed by atoms with van der Waals surface area (Å²) in [6.07, 6.45) is 4.82. The second-order valence-corrected chi connectivity index (χ2v) is 9.72. The molecule has 1 aromatic heterocycles. The third kappa shape index (κ3) is 6.51. The highest BCUT2D eigenvalue weighted by Gasteiger charge is 2.28. The zero-order valence-electron chi connectivity index (χ0n) is 21.0. The number of ether oxygens (including phenoxy) is 2. The van der Waals surface area contributed by atoms with Crippen molar-refractivity contribution in [3.63, 3.8) is 0 Å². The number of benzene rings is 2. The maximum Gasteiger partial charge on any atom is 0.343 e. The maximum absolute atomic E-state index is 12.5. The molecule has 196 valence electrons. The predicted octanol–water partition coefficient (Wildman–Crippen LogP) is 4.42. The van der Waals surface area contributed by atoms with Crippen LogP contribution in [0.5, 0.6) is 5.75 Å². The third-order valence-corrected chi connectivity index (χ3v) is 7.03. The lowest BCUT2D eigenvalue weighted by Gasteiger charge is -2.12. The highest BCUT2D eigenvalue weighted by Crippen LogP contribution is 2.38. The molecule has 2 N–H and O–H groups in total. The summed E-state index contributed by atoms with van der Waals surface area (Å²) in [6, 6.07) is 13.6. The molecule has 2 amide bonds. The van der Waals surface area contributed by atoms with Crippen LogP contribution in [0.2, 0.25) is 0 Å². The van der Waals surface area contributed by atoms with E-state index in [4.69, 9.17) is 9.47 Å². The van der Waals surface area contributed by atoms with Gasteiger partial charge in [0.25, 0.3) is 0 Å². The highest BCUT2D eigenvalue weighted by atomic mass is 32.1. The van der Waals surface area contributed by atoms with Crippen molar-refractivity contribution in [1.29, 1.82) is 0 Å². The van der Waals surface area contributed by atoms with Crippen LogP contribution in [0.3, 0.4) is 0 Å². The Balaban J connectivity index is 1.37. The van der Waals surface area contributed by atoms with Crippen molar-refractivity contribution in [3.8, 4) is 5.75 Å². The molecular weight excluding hydrogens is 506 g/mol. The Morgan fingerprint density at radius 2 is 1.76 bits per heavy atom. The number of nitrogens with zero attached hydrogens (tertiary/aromatic N) is 1. The molecule has 9 nitrogen and oxygen atoms in total. The van der Waals surface area contributed by atoms with Crippen molar-refractivity contribution in [2.45, 2.75) is 39.5 Å². The summed E-state index contributed by atoms with van der Waals surface area (Å²) < 4.78 is 10.6. The molecule has 0 unspecified atom stereocenters. The number of carbonyl (C=O) groups is 4. The molecule has 3 aromatic rings. The van der Waals surface area contributed by atoms with E-state index in [2.05, 4.69) is 15.8 Å². The number of amides is 2. The molecule has 0 radical (unpaired) electrons. The fourth-order valence-corrected chi connectivity index (χ4v) is 5.24. The molecule has 0 atom stereocenters. The van der Waals surface area contributed by atoms with E-state index in [1.807, 2.05) is 19.1 Å². The normalized spacial score (nSPS) is 12.5. The smallest absolute Gasteiger partial charge is 0.343 e. The maximum atomic E-state index is 12.5. The van der Waals surface area contributed by atoms with Gasteiger partial charge in [-0.15, -0.1) is 11.3 Å². The first-order valence-corrected chi connectivity index (χ1v) is 13.0. The van der Waals surface area contributed by atoms with E-state index < -0.39 is 23.8 Å². The van der Waals surface area contributed by atoms with Gasteiger partial charge in [-0.3, -0.25) is 9.59 Å². The molecule has 0 fully saturated rings. The van der Waals surface area contributed by atoms with Gasteiger partial charge in [-0.25, -0.2) is 15.0 Å². The van der Waals surface area contributed by atoms with Crippen molar-refractivity contribution in [1.82, 2.24) is 5.43 Å². The van der Waals surface area contributed by atoms with Crippen LogP contribution in [0.15, 0.2) is 53.6 Å². The largest absolute Gasteiger partial charge is 0.462 e. The highest BCUT2D eigenvalue weighted by molar-refractivity contribution is 7.17. The van der Waals surface area contributed by atoms with E-state index in [9.17, 15) is 19.2 Å². The van der Waals surface area contributed by atoms with E-state index in [0.29, 0.717) is 27.4 Å². The topological polar surface area (TPSA) is 123 Å². The Bertz CT molecular complexity index is 1390. The molecule has 1 heterocycles. The van der Waals surface area contributed by atoms with Gasteiger partial charge in [-0.2, -0.15) is 5.10 Å². The molecule has 2 aromatic carbocycles. The SMILES string of the molecule is CCOC(=O)c1c(NC(=O)C(=O)NN=Cc2cccc(OC(=O)c3ccc(C)cc3)c2)sc2c1CCCC2. The standard InChI is InChI=1S/C28H27N3O6S/c1-3-36-28(35)23-21-9-4-5-10-22(21)38-26(23)30-24(32)25(33)31-29-16-18-7-6-8-20(15-18)37-27(34)19-13-11-17(2)12-14-19/h6-8,11-16H,3-5,9-10H2,1-2H3,(H,30,32)(H,31,33). The molecule has 4 rings (SSSR count). The Hall–Kier alpha value is -4.31. The number of hydrogen-bond acceptors (Lipinski definition) is 8. The van der Waals surface area contributed by atoms with E-state index in [-0.39, 0.29) is 6.61 Å². The fraction of sp³-hybridized carbons (Fsp3) is 0.250. The minimum Gasteiger partial charge on any atom is -0.462 e. The second-order valence-electron chi connectivity index (χ2n) is 8.62. The monoisotopic (exact) mass is 533 g/mol. The average molecular weight is 534 g/mol. The van der Waals surface area contributed by atoms with E-state index >= 15 is 0 Å². The van der Waals surface area contributed by atoms with Crippen LogP contribution in [0, 0.1) is 6.92 Å². The predicted molar refractivity (Wildman–Crippen MR) is 144 cm³/mol. The lowest BCUT2D eigenvalue weighted by Crippen LogP contribution is -2.32. The minimum atomic E-state index is -0.996. The van der Waals surface area contributed by atoms with E-state index in [1.54, 1.807) is 43.3 Å². The zero-order valence-corrected chi connectivity index (χ0v) is 21.9. The van der Waals surface area contributed by atoms with Crippen LogP contribution < -0.4 is 15.5 Å². The van der Waals surface area contributed by atoms with Gasteiger partial charge >= 0.3 is 23.8 Å². The number of thiophene rings is 1. The van der Waals surface area contributed by atoms with Gasteiger partial charge in [0.2, 0.25) is 0 Å². The van der Waals surface area contributed by atoms with Crippen LogP contribution in [-0.2, 0) is 27.2 Å². The summed E-state index contributed by atoms with van der Waals surface area (Å²) >= 11 is 1.30. The number of esters is 2. The Morgan fingerprint density at radius 3 is 2.53 bits per heavy atom. The van der Waals surface area contributed by atoms with E-state index in [1.165, 1.54) is 17.6 Å². The van der Waals surface area contributed by atoms with Gasteiger partial charge in [0.1, 0.15) is 10.8 Å². The van der Waals surface area contributed by atoms with Gasteiger partial charge in [0.15, 0.2) is 0 Å². The Morgan fingerprint density at radius 1 is 1.00 bits per heavy atom. The van der Waals surface area contributed by atoms with Gasteiger partial charge in [0.05, 0.1) is 23.9 Å². The second kappa shape index (κ2) is 12.3. The summed E-state index contributed by atoms with van der Waals surface area (Å²) in [5.74, 6) is -2.65. The van der Waals surface area contributed by atoms with Crippen LogP contribution in [0.4, 0.5) is 5.00 Å². The van der Waals surface area contributed by atoms with Crippen molar-refractivity contribution in [2.75, 3.05) is 11.9 Å². The van der Waals surface area contributed by atoms with Gasteiger partial charge in [-0.05, 0) is 74.9 Å². The quantitative estimate of drug-likeness (QED) is 0.152. The van der Waals surface area contributed by atoms with Crippen molar-refractivity contribution in [2.24, 2.45) is 5.10 Å². The number of anilines is 1. The molecule has 0 bridgehead atoms. The molecule has 0 saturated heterocycles. The summed E-state index contributed by atoms with van der Waals surface area (Å²) in [5, 5.41) is 6.68. The number of nitrogens with one attached hydrogen (secondary N) is 2. The molecule has 0 aliphatic heterocycles. The van der Waals surface area contributed by atoms with Gasteiger partial charge in [0, 0.05) is 4.88 Å². The number of aryl methyl sites for hydroxylation is 2.